The van der Waals surface area contributed by atoms with E-state index >= 15 is 0 Å². The number of allylic oxidation sites excluding steroid dienone is 3. The Morgan fingerprint density at radius 3 is 2.71 bits per heavy atom. The van der Waals surface area contributed by atoms with Gasteiger partial charge in [-0.15, -0.1) is 0 Å². The number of phenolic OH excluding ortho intramolecular Hbond substituents is 1. The van der Waals surface area contributed by atoms with Crippen LogP contribution in [0.5, 0.6) is 17.2 Å². The molecule has 0 radical (unpaired) electrons. The zero-order valence-electron chi connectivity index (χ0n) is 30.2. The SMILES string of the molecule is CCNc1cccc(CCCCC2C=CC(O)=CC2CC2CC(=O)CCc3ccc(OC)c(c3)OCc3ccc4c(c(O)ccc4c3)CC#CO2)c1. The number of aliphatic hydroxyl groups is 1. The van der Waals surface area contributed by atoms with Gasteiger partial charge in [0, 0.05) is 37.1 Å². The second-order valence-corrected chi connectivity index (χ2v) is 13.8. The fraction of sp³-hybridized carbons (Fsp3) is 0.356. The third-order valence-electron chi connectivity index (χ3n) is 10.0. The predicted octanol–water partition coefficient (Wildman–Crippen LogP) is 9.41. The fourth-order valence-corrected chi connectivity index (χ4v) is 7.29. The van der Waals surface area contributed by atoms with Crippen LogP contribution >= 0.6 is 0 Å². The number of hydrogen-bond donors (Lipinski definition) is 3. The van der Waals surface area contributed by atoms with Gasteiger partial charge >= 0.3 is 0 Å². The number of carbonyl (C=O) groups excluding carboxylic acids is 1. The van der Waals surface area contributed by atoms with Gasteiger partial charge in [-0.05, 0) is 127 Å². The molecule has 270 valence electrons. The van der Waals surface area contributed by atoms with E-state index in [0.29, 0.717) is 37.4 Å². The van der Waals surface area contributed by atoms with Gasteiger partial charge in [-0.1, -0.05) is 54.8 Å². The molecule has 7 rings (SSSR count). The molecule has 7 nitrogen and oxygen atoms in total. The number of unbranched alkanes of at least 4 members (excludes halogenated alkanes) is 1. The number of methoxy groups -OCH3 is 1. The van der Waals surface area contributed by atoms with Crippen LogP contribution in [-0.4, -0.2) is 35.8 Å². The Balaban J connectivity index is 1.19. The summed E-state index contributed by atoms with van der Waals surface area (Å²) in [5.74, 6) is 5.07. The van der Waals surface area contributed by atoms with E-state index in [2.05, 4.69) is 60.7 Å². The molecule has 2 aliphatic heterocycles. The van der Waals surface area contributed by atoms with Crippen LogP contribution in [0.4, 0.5) is 5.69 Å². The van der Waals surface area contributed by atoms with Crippen molar-refractivity contribution in [2.45, 2.75) is 77.4 Å². The quantitative estimate of drug-likeness (QED) is 0.112. The third kappa shape index (κ3) is 9.70. The van der Waals surface area contributed by atoms with Crippen LogP contribution in [0.3, 0.4) is 0 Å². The lowest BCUT2D eigenvalue weighted by molar-refractivity contribution is -0.121. The molecule has 4 aromatic carbocycles. The molecule has 3 atom stereocenters. The summed E-state index contributed by atoms with van der Waals surface area (Å²) in [6, 6.07) is 24.0. The summed E-state index contributed by atoms with van der Waals surface area (Å²) in [7, 11) is 1.62. The van der Waals surface area contributed by atoms with Gasteiger partial charge in [0.05, 0.1) is 7.11 Å². The zero-order valence-corrected chi connectivity index (χ0v) is 30.2. The van der Waals surface area contributed by atoms with Gasteiger partial charge in [0.2, 0.25) is 0 Å². The highest BCUT2D eigenvalue weighted by atomic mass is 16.5. The van der Waals surface area contributed by atoms with Crippen molar-refractivity contribution in [3.05, 3.63) is 119 Å². The third-order valence-corrected chi connectivity index (χ3v) is 10.0. The molecule has 52 heavy (non-hydrogen) atoms. The molecule has 6 bridgehead atoms. The van der Waals surface area contributed by atoms with Gasteiger partial charge in [-0.2, -0.15) is 0 Å². The van der Waals surface area contributed by atoms with E-state index in [4.69, 9.17) is 14.2 Å². The van der Waals surface area contributed by atoms with Crippen LogP contribution in [0.25, 0.3) is 10.8 Å². The van der Waals surface area contributed by atoms with Crippen molar-refractivity contribution in [3.8, 4) is 29.3 Å². The number of carbonyl (C=O) groups is 1. The first-order valence-electron chi connectivity index (χ1n) is 18.5. The number of nitrogens with one attached hydrogen (secondary N) is 1. The first kappa shape index (κ1) is 36.4. The van der Waals surface area contributed by atoms with Gasteiger partial charge in [-0.25, -0.2) is 0 Å². The Hall–Kier alpha value is -5.35. The number of aromatic hydroxyl groups is 1. The number of phenols is 1. The average Bonchev–Trinajstić information content (AvgIpc) is 3.14. The van der Waals surface area contributed by atoms with Crippen molar-refractivity contribution in [2.24, 2.45) is 11.8 Å². The standard InChI is InChI=1S/C45H49NO6/c1-3-46-37-11-6-9-31(25-37)8-4-5-10-34-16-19-38(47)27-36(34)28-40-29-39(48)18-13-32-15-22-44(50-2)45(26-32)52-30-33-14-20-41-35(24-33)17-21-43(49)42(41)12-7-23-51-40/h6,9,11,14-17,19-22,24-27,34,36,40,46-47,49H,3-5,8,10,12-13,18,28-30H2,1-2H3. The van der Waals surface area contributed by atoms with Gasteiger partial charge < -0.3 is 29.7 Å². The molecule has 3 unspecified atom stereocenters. The number of benzene rings is 4. The average molecular weight is 700 g/mol. The number of fused-ring (bicyclic) bond motifs is 9. The second kappa shape index (κ2) is 17.7. The van der Waals surface area contributed by atoms with Crippen LogP contribution in [-0.2, 0) is 35.4 Å². The maximum atomic E-state index is 13.5. The molecule has 1 aliphatic carbocycles. The number of aliphatic hydroxyl groups excluding tert-OH is 1. The molecule has 3 aliphatic rings. The molecule has 0 saturated heterocycles. The molecule has 3 N–H and O–H groups in total. The monoisotopic (exact) mass is 699 g/mol. The molecule has 4 aromatic rings. The first-order chi connectivity index (χ1) is 25.4. The van der Waals surface area contributed by atoms with E-state index in [9.17, 15) is 15.0 Å². The summed E-state index contributed by atoms with van der Waals surface area (Å²) in [6.45, 7) is 3.34. The van der Waals surface area contributed by atoms with Crippen LogP contribution in [0, 0.1) is 23.9 Å². The fourth-order valence-electron chi connectivity index (χ4n) is 7.29. The van der Waals surface area contributed by atoms with Crippen molar-refractivity contribution >= 4 is 22.2 Å². The molecule has 7 heteroatoms. The Morgan fingerprint density at radius 2 is 1.85 bits per heavy atom. The number of ketones is 1. The summed E-state index contributed by atoms with van der Waals surface area (Å²) >= 11 is 0. The molecule has 0 saturated carbocycles. The highest BCUT2D eigenvalue weighted by Gasteiger charge is 2.27. The van der Waals surface area contributed by atoms with Gasteiger partial charge in [0.15, 0.2) is 11.5 Å². The lowest BCUT2D eigenvalue weighted by Gasteiger charge is -2.28. The van der Waals surface area contributed by atoms with Gasteiger partial charge in [0.1, 0.15) is 36.1 Å². The summed E-state index contributed by atoms with van der Waals surface area (Å²) < 4.78 is 18.0. The summed E-state index contributed by atoms with van der Waals surface area (Å²) in [6.07, 6.45) is 14.2. The highest BCUT2D eigenvalue weighted by molar-refractivity contribution is 5.88. The molecular formula is C45H49NO6. The predicted molar refractivity (Wildman–Crippen MR) is 207 cm³/mol. The number of ether oxygens (including phenoxy) is 3. The van der Waals surface area contributed by atoms with Gasteiger partial charge in [-0.3, -0.25) is 4.79 Å². The van der Waals surface area contributed by atoms with Crippen LogP contribution in [0.15, 0.2) is 96.8 Å². The lowest BCUT2D eigenvalue weighted by Crippen LogP contribution is -2.24. The number of rotatable bonds is 10. The largest absolute Gasteiger partial charge is 0.508 e. The topological polar surface area (TPSA) is 97.3 Å². The summed E-state index contributed by atoms with van der Waals surface area (Å²) in [5, 5.41) is 26.6. The van der Waals surface area contributed by atoms with Crippen molar-refractivity contribution < 1.29 is 29.2 Å². The zero-order chi connectivity index (χ0) is 36.3. The molecule has 0 fully saturated rings. The smallest absolute Gasteiger partial charge is 0.161 e. The van der Waals surface area contributed by atoms with E-state index in [1.54, 1.807) is 19.3 Å². The summed E-state index contributed by atoms with van der Waals surface area (Å²) in [4.78, 5) is 13.5. The Morgan fingerprint density at radius 1 is 0.962 bits per heavy atom. The number of Topliss-reactive ketones (excluding diaryl/α,β-unsaturated/α-hetero) is 1. The Labute approximate surface area is 307 Å². The number of aryl methyl sites for hydroxylation is 2. The van der Waals surface area contributed by atoms with E-state index in [0.717, 1.165) is 65.4 Å². The summed E-state index contributed by atoms with van der Waals surface area (Å²) in [5.41, 5.74) is 5.16. The van der Waals surface area contributed by atoms with Crippen molar-refractivity contribution in [2.75, 3.05) is 19.0 Å². The minimum absolute atomic E-state index is 0.000827. The van der Waals surface area contributed by atoms with Crippen molar-refractivity contribution in [1.82, 2.24) is 0 Å². The Bertz CT molecular complexity index is 1990. The number of anilines is 1. The molecule has 0 aromatic heterocycles. The maximum absolute atomic E-state index is 13.5. The normalized spacial score (nSPS) is 19.0. The van der Waals surface area contributed by atoms with Crippen molar-refractivity contribution in [1.29, 1.82) is 0 Å². The lowest BCUT2D eigenvalue weighted by atomic mass is 9.80. The number of hydrogen-bond acceptors (Lipinski definition) is 7. The minimum Gasteiger partial charge on any atom is -0.508 e. The molecule has 0 amide bonds. The molecule has 2 heterocycles. The van der Waals surface area contributed by atoms with E-state index in [-0.39, 0.29) is 42.0 Å². The Kier molecular flexibility index (Phi) is 12.4. The second-order valence-electron chi connectivity index (χ2n) is 13.8. The van der Waals surface area contributed by atoms with Crippen LogP contribution in [0.1, 0.15) is 67.7 Å². The molecule has 0 spiro atoms. The maximum Gasteiger partial charge on any atom is 0.161 e. The highest BCUT2D eigenvalue weighted by Crippen LogP contribution is 2.34. The van der Waals surface area contributed by atoms with Crippen molar-refractivity contribution in [3.63, 3.8) is 0 Å². The van der Waals surface area contributed by atoms with Crippen LogP contribution in [0.2, 0.25) is 0 Å². The van der Waals surface area contributed by atoms with E-state index < -0.39 is 6.10 Å². The van der Waals surface area contributed by atoms with Gasteiger partial charge in [0.25, 0.3) is 0 Å². The van der Waals surface area contributed by atoms with E-state index in [1.165, 1.54) is 5.56 Å². The minimum atomic E-state index is -0.461. The molecular weight excluding hydrogens is 650 g/mol. The van der Waals surface area contributed by atoms with Crippen LogP contribution < -0.4 is 14.8 Å². The van der Waals surface area contributed by atoms with E-state index in [1.807, 2.05) is 42.5 Å². The first-order valence-corrected chi connectivity index (χ1v) is 18.5.